The highest BCUT2D eigenvalue weighted by Gasteiger charge is 2.47. The Morgan fingerprint density at radius 1 is 0.969 bits per heavy atom. The van der Waals surface area contributed by atoms with Crippen LogP contribution in [0.15, 0.2) is 72.3 Å². The molecular weight excluding hydrogens is 410 g/mol. The second kappa shape index (κ2) is 7.46. The molecule has 0 aliphatic carbocycles. The van der Waals surface area contributed by atoms with Crippen LogP contribution in [0.2, 0.25) is 0 Å². The molecule has 2 heterocycles. The first-order chi connectivity index (χ1) is 15.4. The number of aromatic hydroxyl groups is 1. The third-order valence-electron chi connectivity index (χ3n) is 5.59. The lowest BCUT2D eigenvalue weighted by atomic mass is 9.95. The summed E-state index contributed by atoms with van der Waals surface area (Å²) in [5.74, 6) is -0.940. The molecule has 7 nitrogen and oxygen atoms in total. The van der Waals surface area contributed by atoms with E-state index in [0.29, 0.717) is 28.3 Å². The van der Waals surface area contributed by atoms with Gasteiger partial charge in [0, 0.05) is 11.3 Å². The standard InChI is InChI=1S/C25H19NO6/c1-14-5-8-17(9-6-14)26-22(15-3-2-4-18(27)11-15)21(24(29)25(26)30)23(28)16-7-10-19-20(12-16)32-13-31-19/h2-12,22,27-28H,13H2,1H3/b23-21-. The Balaban J connectivity index is 1.71. The fourth-order valence-corrected chi connectivity index (χ4v) is 4.01. The van der Waals surface area contributed by atoms with Gasteiger partial charge in [-0.25, -0.2) is 0 Å². The summed E-state index contributed by atoms with van der Waals surface area (Å²) in [6.45, 7) is 1.99. The van der Waals surface area contributed by atoms with Crippen molar-refractivity contribution in [3.05, 3.63) is 89.0 Å². The van der Waals surface area contributed by atoms with Crippen LogP contribution >= 0.6 is 0 Å². The largest absolute Gasteiger partial charge is 0.508 e. The molecule has 1 fully saturated rings. The summed E-state index contributed by atoms with van der Waals surface area (Å²) in [5.41, 5.74) is 2.25. The number of ether oxygens (including phenoxy) is 2. The van der Waals surface area contributed by atoms with Crippen LogP contribution in [-0.4, -0.2) is 28.7 Å². The van der Waals surface area contributed by atoms with Crippen molar-refractivity contribution in [2.45, 2.75) is 13.0 Å². The number of rotatable bonds is 3. The summed E-state index contributed by atoms with van der Waals surface area (Å²) in [7, 11) is 0. The summed E-state index contributed by atoms with van der Waals surface area (Å²) in [6.07, 6.45) is 0. The van der Waals surface area contributed by atoms with Crippen molar-refractivity contribution >= 4 is 23.1 Å². The van der Waals surface area contributed by atoms with E-state index in [1.165, 1.54) is 17.0 Å². The van der Waals surface area contributed by atoms with Gasteiger partial charge in [-0.1, -0.05) is 29.8 Å². The van der Waals surface area contributed by atoms with Gasteiger partial charge in [0.25, 0.3) is 11.7 Å². The van der Waals surface area contributed by atoms with Crippen molar-refractivity contribution < 1.29 is 29.3 Å². The van der Waals surface area contributed by atoms with Gasteiger partial charge in [0.05, 0.1) is 11.6 Å². The molecule has 0 saturated carbocycles. The van der Waals surface area contributed by atoms with Gasteiger partial charge >= 0.3 is 0 Å². The maximum atomic E-state index is 13.1. The molecule has 7 heteroatoms. The van der Waals surface area contributed by atoms with E-state index in [4.69, 9.17) is 9.47 Å². The van der Waals surface area contributed by atoms with E-state index in [0.717, 1.165) is 5.56 Å². The number of fused-ring (bicyclic) bond motifs is 1. The van der Waals surface area contributed by atoms with Crippen LogP contribution in [0.3, 0.4) is 0 Å². The highest BCUT2D eigenvalue weighted by Crippen LogP contribution is 2.43. The van der Waals surface area contributed by atoms with Crippen LogP contribution in [0.1, 0.15) is 22.7 Å². The van der Waals surface area contributed by atoms with E-state index in [-0.39, 0.29) is 23.9 Å². The minimum absolute atomic E-state index is 0.0138. The molecule has 0 aromatic heterocycles. The summed E-state index contributed by atoms with van der Waals surface area (Å²) >= 11 is 0. The fourth-order valence-electron chi connectivity index (χ4n) is 4.01. The van der Waals surface area contributed by atoms with E-state index < -0.39 is 17.7 Å². The molecule has 3 aromatic rings. The summed E-state index contributed by atoms with van der Waals surface area (Å²) in [6, 6.07) is 17.4. The molecule has 0 spiro atoms. The molecule has 5 rings (SSSR count). The number of hydrogen-bond acceptors (Lipinski definition) is 6. The summed E-state index contributed by atoms with van der Waals surface area (Å²) in [5, 5.41) is 21.2. The lowest BCUT2D eigenvalue weighted by Crippen LogP contribution is -2.29. The van der Waals surface area contributed by atoms with Crippen molar-refractivity contribution in [3.8, 4) is 17.2 Å². The van der Waals surface area contributed by atoms with Gasteiger partial charge in [0.1, 0.15) is 11.5 Å². The second-order valence-electron chi connectivity index (χ2n) is 7.67. The molecule has 1 saturated heterocycles. The average molecular weight is 429 g/mol. The van der Waals surface area contributed by atoms with Crippen LogP contribution < -0.4 is 14.4 Å². The number of benzene rings is 3. The number of phenols is 1. The number of aliphatic hydroxyl groups excluding tert-OH is 1. The van der Waals surface area contributed by atoms with Gasteiger partial charge in [0.2, 0.25) is 6.79 Å². The molecule has 160 valence electrons. The topological polar surface area (TPSA) is 96.3 Å². The first-order valence-corrected chi connectivity index (χ1v) is 10.0. The number of Topliss-reactive ketones (excluding diaryl/α,β-unsaturated/α-hetero) is 1. The number of nitrogens with zero attached hydrogens (tertiary/aromatic N) is 1. The number of aliphatic hydroxyl groups is 1. The maximum absolute atomic E-state index is 13.1. The number of hydrogen-bond donors (Lipinski definition) is 2. The molecule has 2 aliphatic heterocycles. The van der Waals surface area contributed by atoms with Gasteiger partial charge in [-0.2, -0.15) is 0 Å². The summed E-state index contributed by atoms with van der Waals surface area (Å²) in [4.78, 5) is 27.6. The predicted molar refractivity (Wildman–Crippen MR) is 117 cm³/mol. The lowest BCUT2D eigenvalue weighted by molar-refractivity contribution is -0.132. The predicted octanol–water partition coefficient (Wildman–Crippen LogP) is 4.06. The molecule has 3 aromatic carbocycles. The van der Waals surface area contributed by atoms with Gasteiger partial charge in [-0.15, -0.1) is 0 Å². The highest BCUT2D eigenvalue weighted by atomic mass is 16.7. The molecular formula is C25H19NO6. The van der Waals surface area contributed by atoms with Crippen molar-refractivity contribution in [2.75, 3.05) is 11.7 Å². The highest BCUT2D eigenvalue weighted by molar-refractivity contribution is 6.51. The SMILES string of the molecule is Cc1ccc(N2C(=O)C(=O)/C(=C(\O)c3ccc4c(c3)OCO4)C2c2cccc(O)c2)cc1. The molecule has 0 radical (unpaired) electrons. The smallest absolute Gasteiger partial charge is 0.300 e. The number of carbonyl (C=O) groups excluding carboxylic acids is 2. The Morgan fingerprint density at radius 2 is 1.72 bits per heavy atom. The third-order valence-corrected chi connectivity index (χ3v) is 5.59. The van der Waals surface area contributed by atoms with E-state index in [2.05, 4.69) is 0 Å². The molecule has 2 aliphatic rings. The second-order valence-corrected chi connectivity index (χ2v) is 7.67. The van der Waals surface area contributed by atoms with Crippen LogP contribution in [0.25, 0.3) is 5.76 Å². The molecule has 1 unspecified atom stereocenters. The zero-order valence-electron chi connectivity index (χ0n) is 17.1. The Bertz CT molecular complexity index is 1280. The Morgan fingerprint density at radius 3 is 2.47 bits per heavy atom. The first-order valence-electron chi connectivity index (χ1n) is 10.0. The van der Waals surface area contributed by atoms with Gasteiger partial charge in [0.15, 0.2) is 11.5 Å². The van der Waals surface area contributed by atoms with Crippen molar-refractivity contribution in [2.24, 2.45) is 0 Å². The average Bonchev–Trinajstić information content (AvgIpc) is 3.36. The number of aryl methyl sites for hydroxylation is 1. The van der Waals surface area contributed by atoms with Gasteiger partial charge < -0.3 is 19.7 Å². The van der Waals surface area contributed by atoms with E-state index in [9.17, 15) is 19.8 Å². The molecule has 2 N–H and O–H groups in total. The van der Waals surface area contributed by atoms with Crippen molar-refractivity contribution in [1.29, 1.82) is 0 Å². The van der Waals surface area contributed by atoms with E-state index >= 15 is 0 Å². The van der Waals surface area contributed by atoms with Gasteiger partial charge in [-0.3, -0.25) is 14.5 Å². The number of carbonyl (C=O) groups is 2. The molecule has 0 bridgehead atoms. The summed E-state index contributed by atoms with van der Waals surface area (Å²) < 4.78 is 10.7. The van der Waals surface area contributed by atoms with Crippen molar-refractivity contribution in [3.63, 3.8) is 0 Å². The van der Waals surface area contributed by atoms with Crippen molar-refractivity contribution in [1.82, 2.24) is 0 Å². The van der Waals surface area contributed by atoms with E-state index in [1.54, 1.807) is 42.5 Å². The monoisotopic (exact) mass is 429 g/mol. The number of amides is 1. The zero-order chi connectivity index (χ0) is 22.4. The molecule has 32 heavy (non-hydrogen) atoms. The lowest BCUT2D eigenvalue weighted by Gasteiger charge is -2.25. The number of phenolic OH excluding ortho intramolecular Hbond substituents is 1. The normalized spacial score (nSPS) is 18.9. The first kappa shape index (κ1) is 19.7. The molecule has 1 atom stereocenters. The van der Waals surface area contributed by atoms with Crippen LogP contribution in [0.5, 0.6) is 17.2 Å². The van der Waals surface area contributed by atoms with Crippen LogP contribution in [-0.2, 0) is 9.59 Å². The van der Waals surface area contributed by atoms with E-state index in [1.807, 2.05) is 19.1 Å². The van der Waals surface area contributed by atoms with Crippen LogP contribution in [0.4, 0.5) is 5.69 Å². The Kier molecular flexibility index (Phi) is 4.59. The number of anilines is 1. The maximum Gasteiger partial charge on any atom is 0.300 e. The van der Waals surface area contributed by atoms with Crippen LogP contribution in [0, 0.1) is 6.92 Å². The van der Waals surface area contributed by atoms with Gasteiger partial charge in [-0.05, 0) is 55.0 Å². The molecule has 1 amide bonds. The quantitative estimate of drug-likeness (QED) is 0.370. The minimum Gasteiger partial charge on any atom is -0.508 e. The number of ketones is 1. The third kappa shape index (κ3) is 3.15. The Labute approximate surface area is 183 Å². The minimum atomic E-state index is -0.921. The zero-order valence-corrected chi connectivity index (χ0v) is 17.1. The fraction of sp³-hybridized carbons (Fsp3) is 0.120. The Hall–Kier alpha value is -4.26.